The molecule has 11 rings (SSSR count). The van der Waals surface area contributed by atoms with Gasteiger partial charge in [-0.05, 0) is 118 Å². The average molecular weight is 703 g/mol. The fraction of sp³-hybridized carbons (Fsp3) is 0. The lowest BCUT2D eigenvalue weighted by molar-refractivity contribution is 1.18. The Bertz CT molecular complexity index is 3020. The van der Waals surface area contributed by atoms with Gasteiger partial charge in [0, 0.05) is 56.4 Å². The number of hydrogen-bond acceptors (Lipinski definition) is 3. The largest absolute Gasteiger partial charge is 0.354 e. The molecule has 1 N–H and O–H groups in total. The van der Waals surface area contributed by atoms with Crippen LogP contribution >= 0.6 is 0 Å². The summed E-state index contributed by atoms with van der Waals surface area (Å²) in [5.41, 5.74) is 16.2. The Morgan fingerprint density at radius 3 is 2.00 bits per heavy atom. The van der Waals surface area contributed by atoms with Crippen molar-refractivity contribution in [3.63, 3.8) is 0 Å². The number of nitrogens with one attached hydrogen (secondary N) is 1. The highest BCUT2D eigenvalue weighted by Crippen LogP contribution is 2.48. The predicted molar refractivity (Wildman–Crippen MR) is 230 cm³/mol. The molecule has 0 amide bonds. The smallest absolute Gasteiger partial charge is 0.0644 e. The molecule has 1 aliphatic rings. The van der Waals surface area contributed by atoms with Gasteiger partial charge in [-0.3, -0.25) is 4.98 Å². The summed E-state index contributed by atoms with van der Waals surface area (Å²) in [5.74, 6) is 0. The fourth-order valence-electron chi connectivity index (χ4n) is 8.52. The Morgan fingerprint density at radius 1 is 0.418 bits per heavy atom. The number of fused-ring (bicyclic) bond motifs is 5. The van der Waals surface area contributed by atoms with Crippen molar-refractivity contribution in [2.24, 2.45) is 0 Å². The summed E-state index contributed by atoms with van der Waals surface area (Å²) in [5, 5.41) is 8.78. The molecule has 0 atom stereocenters. The van der Waals surface area contributed by atoms with Crippen LogP contribution in [0.5, 0.6) is 0 Å². The minimum Gasteiger partial charge on any atom is -0.354 e. The van der Waals surface area contributed by atoms with Crippen molar-refractivity contribution < 1.29 is 0 Å². The molecule has 0 aliphatic carbocycles. The van der Waals surface area contributed by atoms with Gasteiger partial charge in [-0.1, -0.05) is 103 Å². The number of pyridine rings is 1. The van der Waals surface area contributed by atoms with Crippen LogP contribution in [0.15, 0.2) is 200 Å². The maximum Gasteiger partial charge on any atom is 0.0644 e. The molecule has 2 aromatic heterocycles. The lowest BCUT2D eigenvalue weighted by Gasteiger charge is -2.26. The third-order valence-electron chi connectivity index (χ3n) is 11.0. The van der Waals surface area contributed by atoms with Crippen LogP contribution in [0.2, 0.25) is 0 Å². The number of anilines is 5. The molecule has 10 aromatic rings. The third kappa shape index (κ3) is 5.11. The Kier molecular flexibility index (Phi) is 7.14. The van der Waals surface area contributed by atoms with E-state index in [1.807, 2.05) is 18.5 Å². The molecule has 0 spiro atoms. The highest BCUT2D eigenvalue weighted by atomic mass is 15.1. The molecule has 8 aromatic carbocycles. The van der Waals surface area contributed by atoms with Crippen molar-refractivity contribution in [3.05, 3.63) is 200 Å². The normalized spacial score (nSPS) is 11.8. The molecular weight excluding hydrogens is 669 g/mol. The Labute approximate surface area is 319 Å². The summed E-state index contributed by atoms with van der Waals surface area (Å²) in [6, 6.07) is 67.7. The molecule has 0 radical (unpaired) electrons. The van der Waals surface area contributed by atoms with Crippen molar-refractivity contribution in [2.45, 2.75) is 0 Å². The van der Waals surface area contributed by atoms with Gasteiger partial charge in [-0.25, -0.2) is 0 Å². The van der Waals surface area contributed by atoms with E-state index in [2.05, 4.69) is 202 Å². The first-order valence-corrected chi connectivity index (χ1v) is 18.7. The number of nitrogens with zero attached hydrogens (tertiary/aromatic N) is 3. The van der Waals surface area contributed by atoms with Gasteiger partial charge in [0.2, 0.25) is 0 Å². The number of hydrogen-bond donors (Lipinski definition) is 1. The maximum absolute atomic E-state index is 4.44. The van der Waals surface area contributed by atoms with E-state index in [0.29, 0.717) is 0 Å². The maximum atomic E-state index is 4.44. The second kappa shape index (κ2) is 12.6. The van der Waals surface area contributed by atoms with Crippen LogP contribution in [0.4, 0.5) is 28.4 Å². The minimum atomic E-state index is 1.01. The molecular formula is C51H34N4. The molecule has 4 nitrogen and oxygen atoms in total. The van der Waals surface area contributed by atoms with Gasteiger partial charge in [0.1, 0.15) is 0 Å². The summed E-state index contributed by atoms with van der Waals surface area (Å²) in [6.07, 6.45) is 3.73. The van der Waals surface area contributed by atoms with Crippen LogP contribution in [-0.2, 0) is 0 Å². The summed E-state index contributed by atoms with van der Waals surface area (Å²) >= 11 is 0. The summed E-state index contributed by atoms with van der Waals surface area (Å²) in [7, 11) is 0. The zero-order valence-electron chi connectivity index (χ0n) is 29.9. The quantitative estimate of drug-likeness (QED) is 0.187. The van der Waals surface area contributed by atoms with Gasteiger partial charge < -0.3 is 14.8 Å². The zero-order chi connectivity index (χ0) is 36.3. The van der Waals surface area contributed by atoms with E-state index in [9.17, 15) is 0 Å². The van der Waals surface area contributed by atoms with Crippen LogP contribution in [-0.4, -0.2) is 9.55 Å². The van der Waals surface area contributed by atoms with E-state index in [1.54, 1.807) is 0 Å². The van der Waals surface area contributed by atoms with Crippen molar-refractivity contribution in [2.75, 3.05) is 10.2 Å². The predicted octanol–water partition coefficient (Wildman–Crippen LogP) is 13.9. The van der Waals surface area contributed by atoms with Crippen molar-refractivity contribution in [1.82, 2.24) is 9.55 Å². The van der Waals surface area contributed by atoms with E-state index >= 15 is 0 Å². The van der Waals surface area contributed by atoms with Crippen LogP contribution in [0.1, 0.15) is 0 Å². The Morgan fingerprint density at radius 2 is 1.13 bits per heavy atom. The van der Waals surface area contributed by atoms with Crippen molar-refractivity contribution >= 4 is 61.0 Å². The minimum absolute atomic E-state index is 1.01. The molecule has 55 heavy (non-hydrogen) atoms. The molecule has 1 aliphatic heterocycles. The highest BCUT2D eigenvalue weighted by molar-refractivity contribution is 6.17. The van der Waals surface area contributed by atoms with Crippen LogP contribution in [0.3, 0.4) is 0 Å². The lowest BCUT2D eigenvalue weighted by Crippen LogP contribution is -2.10. The highest BCUT2D eigenvalue weighted by Gasteiger charge is 2.22. The Balaban J connectivity index is 1.02. The molecule has 4 heteroatoms. The van der Waals surface area contributed by atoms with Gasteiger partial charge in [-0.15, -0.1) is 0 Å². The van der Waals surface area contributed by atoms with E-state index in [1.165, 1.54) is 66.1 Å². The van der Waals surface area contributed by atoms with E-state index < -0.39 is 0 Å². The van der Waals surface area contributed by atoms with E-state index in [-0.39, 0.29) is 0 Å². The SMILES string of the molecule is c1ccc(N(c2cccnc2)c2cccc(-c3ccc4c(c3)-c3cccc5c(-c6ccc7c(c6)c6ccccc6n7-c6ccccc6)ccc(c35)N4)c2)cc1. The second-order valence-corrected chi connectivity index (χ2v) is 14.1. The lowest BCUT2D eigenvalue weighted by atomic mass is 9.87. The molecule has 0 unspecified atom stereocenters. The monoisotopic (exact) mass is 702 g/mol. The van der Waals surface area contributed by atoms with Crippen LogP contribution in [0.25, 0.3) is 71.6 Å². The number of benzene rings is 8. The first-order valence-electron chi connectivity index (χ1n) is 18.7. The topological polar surface area (TPSA) is 33.1 Å². The summed E-state index contributed by atoms with van der Waals surface area (Å²) in [6.45, 7) is 0. The number of para-hydroxylation sites is 3. The third-order valence-corrected chi connectivity index (χ3v) is 11.0. The first kappa shape index (κ1) is 31.1. The first-order chi connectivity index (χ1) is 27.3. The Hall–Kier alpha value is -7.43. The van der Waals surface area contributed by atoms with Gasteiger partial charge in [0.25, 0.3) is 0 Å². The number of rotatable bonds is 6. The van der Waals surface area contributed by atoms with Crippen LogP contribution < -0.4 is 10.2 Å². The van der Waals surface area contributed by atoms with E-state index in [0.717, 1.165) is 34.0 Å². The zero-order valence-corrected chi connectivity index (χ0v) is 29.9. The van der Waals surface area contributed by atoms with Gasteiger partial charge >= 0.3 is 0 Å². The van der Waals surface area contributed by atoms with Gasteiger partial charge in [-0.2, -0.15) is 0 Å². The fourth-order valence-corrected chi connectivity index (χ4v) is 8.52. The molecule has 3 heterocycles. The van der Waals surface area contributed by atoms with Crippen molar-refractivity contribution in [3.8, 4) is 39.1 Å². The summed E-state index contributed by atoms with van der Waals surface area (Å²) in [4.78, 5) is 6.69. The molecule has 0 saturated heterocycles. The molecule has 258 valence electrons. The van der Waals surface area contributed by atoms with Crippen LogP contribution in [0, 0.1) is 0 Å². The molecule has 0 fully saturated rings. The molecule has 0 bridgehead atoms. The van der Waals surface area contributed by atoms with Gasteiger partial charge in [0.15, 0.2) is 0 Å². The number of aromatic nitrogens is 2. The molecule has 0 saturated carbocycles. The van der Waals surface area contributed by atoms with Crippen molar-refractivity contribution in [1.29, 1.82) is 0 Å². The van der Waals surface area contributed by atoms with Gasteiger partial charge in [0.05, 0.1) is 22.9 Å². The standard InChI is InChI=1S/C51H34N4/c1-3-13-37(14-4-1)54(40-18-11-29-52-33-40)39-17-9-12-34(30-39)35-23-26-47-45(31-35)44-21-10-20-43-41(25-27-48(53-47)51(43)44)36-24-28-50-46(32-36)42-19-7-8-22-49(42)55(50)38-15-5-2-6-16-38/h1-33,53H. The average Bonchev–Trinajstić information content (AvgIpc) is 3.59. The second-order valence-electron chi connectivity index (χ2n) is 14.1. The van der Waals surface area contributed by atoms with E-state index in [4.69, 9.17) is 0 Å². The summed E-state index contributed by atoms with van der Waals surface area (Å²) < 4.78 is 2.37.